The Bertz CT molecular complexity index is 237. The summed E-state index contributed by atoms with van der Waals surface area (Å²) in [5, 5.41) is 0. The molecule has 0 N–H and O–H groups in total. The van der Waals surface area contributed by atoms with E-state index in [9.17, 15) is 0 Å². The molecule has 13 heavy (non-hydrogen) atoms. The SMILES string of the molecule is C#CCC(=C)C(=C)CCC(C)C=C. The standard InChI is InChI=1S/C13H18/c1-6-8-12(4)13(5)10-9-11(3)7-2/h1,7,11H,2,4-5,8-10H2,3H3. The Morgan fingerprint density at radius 3 is 2.54 bits per heavy atom. The van der Waals surface area contributed by atoms with Crippen LogP contribution in [0.25, 0.3) is 0 Å². The highest BCUT2D eigenvalue weighted by atomic mass is 14.1. The zero-order chi connectivity index (χ0) is 10.3. The van der Waals surface area contributed by atoms with Crippen molar-refractivity contribution in [1.82, 2.24) is 0 Å². The molecule has 1 unspecified atom stereocenters. The molecule has 0 rings (SSSR count). The molecule has 0 radical (unpaired) electrons. The molecule has 0 aromatic heterocycles. The number of terminal acetylenes is 1. The lowest BCUT2D eigenvalue weighted by molar-refractivity contribution is 0.648. The Morgan fingerprint density at radius 2 is 2.08 bits per heavy atom. The largest absolute Gasteiger partial charge is 0.120 e. The maximum atomic E-state index is 5.18. The molecule has 0 aromatic carbocycles. The fourth-order valence-electron chi connectivity index (χ4n) is 0.945. The van der Waals surface area contributed by atoms with Crippen molar-refractivity contribution in [2.24, 2.45) is 5.92 Å². The topological polar surface area (TPSA) is 0 Å². The first-order chi connectivity index (χ1) is 6.11. The van der Waals surface area contributed by atoms with Gasteiger partial charge in [-0.2, -0.15) is 0 Å². The molecule has 0 nitrogen and oxygen atoms in total. The second-order valence-corrected chi connectivity index (χ2v) is 3.34. The van der Waals surface area contributed by atoms with Crippen molar-refractivity contribution in [2.45, 2.75) is 26.2 Å². The van der Waals surface area contributed by atoms with Gasteiger partial charge in [0.05, 0.1) is 0 Å². The molecule has 0 fully saturated rings. The van der Waals surface area contributed by atoms with Gasteiger partial charge >= 0.3 is 0 Å². The van der Waals surface area contributed by atoms with Gasteiger partial charge in [-0.05, 0) is 24.3 Å². The van der Waals surface area contributed by atoms with Crippen LogP contribution < -0.4 is 0 Å². The van der Waals surface area contributed by atoms with Crippen molar-refractivity contribution in [3.8, 4) is 12.3 Å². The zero-order valence-corrected chi connectivity index (χ0v) is 8.47. The summed E-state index contributed by atoms with van der Waals surface area (Å²) >= 11 is 0. The van der Waals surface area contributed by atoms with E-state index >= 15 is 0 Å². The molecular weight excluding hydrogens is 156 g/mol. The normalized spacial score (nSPS) is 11.4. The Balaban J connectivity index is 3.82. The quantitative estimate of drug-likeness (QED) is 0.327. The molecule has 0 aliphatic heterocycles. The maximum Gasteiger partial charge on any atom is 0.0334 e. The molecule has 0 saturated heterocycles. The van der Waals surface area contributed by atoms with Crippen molar-refractivity contribution >= 4 is 0 Å². The van der Waals surface area contributed by atoms with Crippen LogP contribution >= 0.6 is 0 Å². The minimum absolute atomic E-state index is 0.537. The molecule has 0 heterocycles. The van der Waals surface area contributed by atoms with Gasteiger partial charge in [-0.15, -0.1) is 18.9 Å². The van der Waals surface area contributed by atoms with Crippen LogP contribution in [-0.2, 0) is 0 Å². The van der Waals surface area contributed by atoms with Crippen LogP contribution in [0.3, 0.4) is 0 Å². The molecule has 0 bridgehead atoms. The maximum absolute atomic E-state index is 5.18. The molecule has 0 aliphatic rings. The van der Waals surface area contributed by atoms with E-state index < -0.39 is 0 Å². The summed E-state index contributed by atoms with van der Waals surface area (Å²) in [5.74, 6) is 3.11. The fourth-order valence-corrected chi connectivity index (χ4v) is 0.945. The number of rotatable bonds is 6. The van der Waals surface area contributed by atoms with Gasteiger partial charge in [0.25, 0.3) is 0 Å². The third-order valence-electron chi connectivity index (χ3n) is 2.12. The third-order valence-corrected chi connectivity index (χ3v) is 2.12. The highest BCUT2D eigenvalue weighted by Crippen LogP contribution is 2.18. The second kappa shape index (κ2) is 6.31. The van der Waals surface area contributed by atoms with E-state index in [0.717, 1.165) is 24.0 Å². The number of hydrogen-bond acceptors (Lipinski definition) is 0. The van der Waals surface area contributed by atoms with Gasteiger partial charge in [-0.1, -0.05) is 31.7 Å². The predicted molar refractivity (Wildman–Crippen MR) is 60.3 cm³/mol. The van der Waals surface area contributed by atoms with E-state index in [1.807, 2.05) is 6.08 Å². The van der Waals surface area contributed by atoms with Crippen molar-refractivity contribution in [3.05, 3.63) is 37.0 Å². The van der Waals surface area contributed by atoms with Crippen molar-refractivity contribution in [3.63, 3.8) is 0 Å². The minimum atomic E-state index is 0.537. The predicted octanol–water partition coefficient (Wildman–Crippen LogP) is 3.72. The van der Waals surface area contributed by atoms with Crippen LogP contribution in [0.2, 0.25) is 0 Å². The first-order valence-electron chi connectivity index (χ1n) is 4.53. The molecule has 0 saturated carbocycles. The monoisotopic (exact) mass is 174 g/mol. The van der Waals surface area contributed by atoms with Gasteiger partial charge in [-0.3, -0.25) is 0 Å². The van der Waals surface area contributed by atoms with Gasteiger partial charge in [0.1, 0.15) is 0 Å². The third kappa shape index (κ3) is 5.09. The summed E-state index contributed by atoms with van der Waals surface area (Å²) in [6.07, 6.45) is 9.79. The molecule has 0 aromatic rings. The average molecular weight is 174 g/mol. The Morgan fingerprint density at radius 1 is 1.46 bits per heavy atom. The van der Waals surface area contributed by atoms with E-state index in [0.29, 0.717) is 12.3 Å². The summed E-state index contributed by atoms with van der Waals surface area (Å²) in [7, 11) is 0. The van der Waals surface area contributed by atoms with Crippen LogP contribution in [0.15, 0.2) is 37.0 Å². The highest BCUT2D eigenvalue weighted by Gasteiger charge is 2.01. The first kappa shape index (κ1) is 11.8. The number of allylic oxidation sites excluding steroid dienone is 3. The minimum Gasteiger partial charge on any atom is -0.120 e. The Labute approximate surface area is 82.0 Å². The lowest BCUT2D eigenvalue weighted by Crippen LogP contribution is -1.92. The van der Waals surface area contributed by atoms with Crippen LogP contribution in [-0.4, -0.2) is 0 Å². The smallest absolute Gasteiger partial charge is 0.0334 e. The summed E-state index contributed by atoms with van der Waals surface area (Å²) in [6, 6.07) is 0. The van der Waals surface area contributed by atoms with Gasteiger partial charge in [-0.25, -0.2) is 0 Å². The molecular formula is C13H18. The average Bonchev–Trinajstić information content (AvgIpc) is 2.13. The van der Waals surface area contributed by atoms with E-state index in [1.165, 1.54) is 0 Å². The van der Waals surface area contributed by atoms with Crippen molar-refractivity contribution in [1.29, 1.82) is 0 Å². The zero-order valence-electron chi connectivity index (χ0n) is 8.47. The first-order valence-corrected chi connectivity index (χ1v) is 4.53. The highest BCUT2D eigenvalue weighted by molar-refractivity contribution is 5.28. The van der Waals surface area contributed by atoms with Crippen LogP contribution in [0, 0.1) is 18.3 Å². The van der Waals surface area contributed by atoms with Gasteiger partial charge in [0.15, 0.2) is 0 Å². The van der Waals surface area contributed by atoms with E-state index in [2.05, 4.69) is 32.6 Å². The molecule has 0 aliphatic carbocycles. The number of hydrogen-bond donors (Lipinski definition) is 0. The van der Waals surface area contributed by atoms with Crippen molar-refractivity contribution < 1.29 is 0 Å². The van der Waals surface area contributed by atoms with Gasteiger partial charge in [0.2, 0.25) is 0 Å². The van der Waals surface area contributed by atoms with Crippen LogP contribution in [0.5, 0.6) is 0 Å². The fraction of sp³-hybridized carbons (Fsp3) is 0.385. The van der Waals surface area contributed by atoms with Crippen LogP contribution in [0.1, 0.15) is 26.2 Å². The second-order valence-electron chi connectivity index (χ2n) is 3.34. The molecule has 70 valence electrons. The van der Waals surface area contributed by atoms with Gasteiger partial charge < -0.3 is 0 Å². The summed E-state index contributed by atoms with van der Waals surface area (Å²) in [6.45, 7) is 13.7. The molecule has 0 amide bonds. The van der Waals surface area contributed by atoms with Crippen LogP contribution in [0.4, 0.5) is 0 Å². The Kier molecular flexibility index (Phi) is 5.72. The van der Waals surface area contributed by atoms with Crippen molar-refractivity contribution in [2.75, 3.05) is 0 Å². The van der Waals surface area contributed by atoms with E-state index in [1.54, 1.807) is 0 Å². The molecule has 0 spiro atoms. The lowest BCUT2D eigenvalue weighted by Gasteiger charge is -2.08. The van der Waals surface area contributed by atoms with E-state index in [-0.39, 0.29) is 0 Å². The summed E-state index contributed by atoms with van der Waals surface area (Å²) in [4.78, 5) is 0. The Hall–Kier alpha value is -1.22. The molecule has 0 heteroatoms. The summed E-state index contributed by atoms with van der Waals surface area (Å²) < 4.78 is 0. The summed E-state index contributed by atoms with van der Waals surface area (Å²) in [5.41, 5.74) is 2.06. The van der Waals surface area contributed by atoms with Gasteiger partial charge in [0, 0.05) is 6.42 Å². The molecule has 1 atom stereocenters. The van der Waals surface area contributed by atoms with E-state index in [4.69, 9.17) is 6.42 Å². The lowest BCUT2D eigenvalue weighted by atomic mass is 9.97.